The Balaban J connectivity index is 1.63. The second kappa shape index (κ2) is 6.68. The number of aliphatic carboxylic acids is 1. The standard InChI is InChI=1S/C17H22N2O4/c1-12-9-18(6-7-23-12)10-13-2-4-15(5-3-13)19-11-14(17(21)22)8-16(19)20/h2-5,12,14H,6-11H2,1H3,(H,21,22). The van der Waals surface area contributed by atoms with Gasteiger partial charge in [-0.25, -0.2) is 0 Å². The molecule has 6 nitrogen and oxygen atoms in total. The quantitative estimate of drug-likeness (QED) is 0.907. The van der Waals surface area contributed by atoms with Crippen LogP contribution >= 0.6 is 0 Å². The van der Waals surface area contributed by atoms with E-state index in [1.165, 1.54) is 5.56 Å². The van der Waals surface area contributed by atoms with E-state index >= 15 is 0 Å². The van der Waals surface area contributed by atoms with E-state index in [0.717, 1.165) is 31.9 Å². The fourth-order valence-electron chi connectivity index (χ4n) is 3.20. The highest BCUT2D eigenvalue weighted by atomic mass is 16.5. The van der Waals surface area contributed by atoms with Crippen LogP contribution in [0.4, 0.5) is 5.69 Å². The van der Waals surface area contributed by atoms with E-state index in [2.05, 4.69) is 11.8 Å². The van der Waals surface area contributed by atoms with E-state index in [4.69, 9.17) is 9.84 Å². The maximum Gasteiger partial charge on any atom is 0.308 e. The Bertz CT molecular complexity index is 587. The summed E-state index contributed by atoms with van der Waals surface area (Å²) in [7, 11) is 0. The van der Waals surface area contributed by atoms with Crippen molar-refractivity contribution in [2.75, 3.05) is 31.1 Å². The molecule has 0 bridgehead atoms. The summed E-state index contributed by atoms with van der Waals surface area (Å²) in [5.41, 5.74) is 1.96. The molecular weight excluding hydrogens is 296 g/mol. The molecule has 23 heavy (non-hydrogen) atoms. The highest BCUT2D eigenvalue weighted by Gasteiger charge is 2.34. The first-order valence-electron chi connectivity index (χ1n) is 7.99. The molecule has 124 valence electrons. The van der Waals surface area contributed by atoms with Gasteiger partial charge >= 0.3 is 5.97 Å². The molecular formula is C17H22N2O4. The monoisotopic (exact) mass is 318 g/mol. The van der Waals surface area contributed by atoms with Gasteiger partial charge < -0.3 is 14.7 Å². The number of anilines is 1. The van der Waals surface area contributed by atoms with E-state index in [9.17, 15) is 9.59 Å². The first-order chi connectivity index (χ1) is 11.0. The van der Waals surface area contributed by atoms with Crippen LogP contribution < -0.4 is 4.90 Å². The minimum atomic E-state index is -0.904. The largest absolute Gasteiger partial charge is 0.481 e. The minimum absolute atomic E-state index is 0.0861. The number of benzene rings is 1. The van der Waals surface area contributed by atoms with Gasteiger partial charge in [0.1, 0.15) is 0 Å². The molecule has 2 aliphatic heterocycles. The van der Waals surface area contributed by atoms with Gasteiger partial charge in [0.05, 0.1) is 18.6 Å². The molecule has 3 rings (SSSR count). The number of morpholine rings is 1. The number of rotatable bonds is 4. The number of carbonyl (C=O) groups is 2. The summed E-state index contributed by atoms with van der Waals surface area (Å²) in [6, 6.07) is 7.83. The third-order valence-corrected chi connectivity index (χ3v) is 4.45. The number of carbonyl (C=O) groups excluding carboxylic acids is 1. The number of hydrogen-bond donors (Lipinski definition) is 1. The maximum atomic E-state index is 12.0. The van der Waals surface area contributed by atoms with E-state index in [-0.39, 0.29) is 25.0 Å². The molecule has 2 fully saturated rings. The lowest BCUT2D eigenvalue weighted by atomic mass is 10.1. The zero-order valence-corrected chi connectivity index (χ0v) is 13.3. The Hall–Kier alpha value is -1.92. The fourth-order valence-corrected chi connectivity index (χ4v) is 3.20. The molecule has 0 aromatic heterocycles. The second-order valence-electron chi connectivity index (χ2n) is 6.33. The van der Waals surface area contributed by atoms with Crippen LogP contribution in [0.2, 0.25) is 0 Å². The molecule has 2 atom stereocenters. The Morgan fingerprint density at radius 2 is 2.04 bits per heavy atom. The number of hydrogen-bond acceptors (Lipinski definition) is 4. The van der Waals surface area contributed by atoms with Crippen LogP contribution in [-0.4, -0.2) is 54.2 Å². The van der Waals surface area contributed by atoms with E-state index in [1.807, 2.05) is 24.3 Å². The molecule has 2 saturated heterocycles. The molecule has 1 aromatic carbocycles. The lowest BCUT2D eigenvalue weighted by molar-refractivity contribution is -0.141. The van der Waals surface area contributed by atoms with Crippen LogP contribution in [0.15, 0.2) is 24.3 Å². The molecule has 1 aromatic rings. The molecule has 0 aliphatic carbocycles. The van der Waals surface area contributed by atoms with Gasteiger partial charge in [-0.3, -0.25) is 14.5 Å². The number of carboxylic acids is 1. The van der Waals surface area contributed by atoms with Crippen molar-refractivity contribution in [3.05, 3.63) is 29.8 Å². The fraction of sp³-hybridized carbons (Fsp3) is 0.529. The van der Waals surface area contributed by atoms with Gasteiger partial charge in [0.25, 0.3) is 0 Å². The van der Waals surface area contributed by atoms with E-state index in [1.54, 1.807) is 4.90 Å². The average Bonchev–Trinajstić information content (AvgIpc) is 2.90. The van der Waals surface area contributed by atoms with Crippen LogP contribution in [0.5, 0.6) is 0 Å². The molecule has 6 heteroatoms. The van der Waals surface area contributed by atoms with Gasteiger partial charge in [0.15, 0.2) is 0 Å². The van der Waals surface area contributed by atoms with Crippen molar-refractivity contribution in [1.29, 1.82) is 0 Å². The Morgan fingerprint density at radius 1 is 1.30 bits per heavy atom. The molecule has 2 heterocycles. The summed E-state index contributed by atoms with van der Waals surface area (Å²) < 4.78 is 5.54. The summed E-state index contributed by atoms with van der Waals surface area (Å²) in [5, 5.41) is 9.05. The van der Waals surface area contributed by atoms with Crippen LogP contribution in [0.1, 0.15) is 18.9 Å². The third-order valence-electron chi connectivity index (χ3n) is 4.45. The Labute approximate surface area is 135 Å². The van der Waals surface area contributed by atoms with E-state index < -0.39 is 11.9 Å². The van der Waals surface area contributed by atoms with Gasteiger partial charge in [0.2, 0.25) is 5.91 Å². The van der Waals surface area contributed by atoms with Crippen LogP contribution in [0, 0.1) is 5.92 Å². The number of carboxylic acid groups (broad SMARTS) is 1. The van der Waals surface area contributed by atoms with Crippen molar-refractivity contribution in [1.82, 2.24) is 4.90 Å². The van der Waals surface area contributed by atoms with Gasteiger partial charge in [-0.1, -0.05) is 12.1 Å². The molecule has 1 N–H and O–H groups in total. The average molecular weight is 318 g/mol. The number of amides is 1. The van der Waals surface area contributed by atoms with Gasteiger partial charge in [-0.05, 0) is 24.6 Å². The van der Waals surface area contributed by atoms with Gasteiger partial charge in [0, 0.05) is 38.3 Å². The van der Waals surface area contributed by atoms with Crippen LogP contribution in [-0.2, 0) is 20.9 Å². The first-order valence-corrected chi connectivity index (χ1v) is 7.99. The summed E-state index contributed by atoms with van der Waals surface area (Å²) in [6.07, 6.45) is 0.348. The van der Waals surface area contributed by atoms with Crippen LogP contribution in [0.25, 0.3) is 0 Å². The Morgan fingerprint density at radius 3 is 2.65 bits per heavy atom. The first kappa shape index (κ1) is 16.0. The smallest absolute Gasteiger partial charge is 0.308 e. The van der Waals surface area contributed by atoms with Crippen molar-refractivity contribution in [2.45, 2.75) is 26.0 Å². The Kier molecular flexibility index (Phi) is 4.63. The second-order valence-corrected chi connectivity index (χ2v) is 6.33. The minimum Gasteiger partial charge on any atom is -0.481 e. The summed E-state index contributed by atoms with van der Waals surface area (Å²) in [5.74, 6) is -1.62. The summed E-state index contributed by atoms with van der Waals surface area (Å²) in [4.78, 5) is 26.9. The van der Waals surface area contributed by atoms with Crippen molar-refractivity contribution in [2.24, 2.45) is 5.92 Å². The van der Waals surface area contributed by atoms with Crippen molar-refractivity contribution in [3.63, 3.8) is 0 Å². The highest BCUT2D eigenvalue weighted by molar-refractivity contribution is 5.99. The number of ether oxygens (including phenoxy) is 1. The zero-order valence-electron chi connectivity index (χ0n) is 13.3. The predicted molar refractivity (Wildman–Crippen MR) is 85.2 cm³/mol. The van der Waals surface area contributed by atoms with Crippen molar-refractivity contribution < 1.29 is 19.4 Å². The molecule has 0 spiro atoms. The molecule has 1 amide bonds. The third kappa shape index (κ3) is 3.71. The van der Waals surface area contributed by atoms with Crippen molar-refractivity contribution in [3.8, 4) is 0 Å². The highest BCUT2D eigenvalue weighted by Crippen LogP contribution is 2.25. The zero-order chi connectivity index (χ0) is 16.4. The predicted octanol–water partition coefficient (Wildman–Crippen LogP) is 1.34. The van der Waals surface area contributed by atoms with Crippen molar-refractivity contribution >= 4 is 17.6 Å². The maximum absolute atomic E-state index is 12.0. The topological polar surface area (TPSA) is 70.1 Å². The van der Waals surface area contributed by atoms with E-state index in [0.29, 0.717) is 0 Å². The van der Waals surface area contributed by atoms with Gasteiger partial charge in [-0.2, -0.15) is 0 Å². The molecule has 0 radical (unpaired) electrons. The summed E-state index contributed by atoms with van der Waals surface area (Å²) in [6.45, 7) is 5.81. The SMILES string of the molecule is CC1CN(Cc2ccc(N3CC(C(=O)O)CC3=O)cc2)CCO1. The lowest BCUT2D eigenvalue weighted by Crippen LogP contribution is -2.40. The lowest BCUT2D eigenvalue weighted by Gasteiger charge is -2.31. The molecule has 2 aliphatic rings. The normalized spacial score (nSPS) is 25.8. The molecule has 0 saturated carbocycles. The molecule has 2 unspecified atom stereocenters. The van der Waals surface area contributed by atoms with Gasteiger partial charge in [-0.15, -0.1) is 0 Å². The summed E-state index contributed by atoms with van der Waals surface area (Å²) >= 11 is 0. The van der Waals surface area contributed by atoms with Crippen LogP contribution in [0.3, 0.4) is 0 Å². The number of nitrogens with zero attached hydrogens (tertiary/aromatic N) is 2.